The summed E-state index contributed by atoms with van der Waals surface area (Å²) in [6, 6.07) is 31.1. The van der Waals surface area contributed by atoms with E-state index in [-0.39, 0.29) is 6.61 Å². The molecule has 5 rings (SSSR count). The molecule has 0 amide bonds. The number of rotatable bonds is 6. The van der Waals surface area contributed by atoms with Crippen LogP contribution in [0.25, 0.3) is 27.5 Å². The summed E-state index contributed by atoms with van der Waals surface area (Å²) in [7, 11) is 0. The third-order valence-electron chi connectivity index (χ3n) is 4.91. The summed E-state index contributed by atoms with van der Waals surface area (Å²) in [5.74, 6) is -0.446. The fourth-order valence-corrected chi connectivity index (χ4v) is 4.15. The molecule has 0 atom stereocenters. The van der Waals surface area contributed by atoms with Gasteiger partial charge in [0.15, 0.2) is 5.69 Å². The summed E-state index contributed by atoms with van der Waals surface area (Å²) in [6.07, 6.45) is 0. The number of hydrogen-bond acceptors (Lipinski definition) is 5. The molecule has 0 fully saturated rings. The number of hydrogen-bond donors (Lipinski definition) is 0. The molecule has 156 valence electrons. The lowest BCUT2D eigenvalue weighted by atomic mass is 10.1. The van der Waals surface area contributed by atoms with Crippen molar-refractivity contribution < 1.29 is 9.53 Å². The van der Waals surface area contributed by atoms with Gasteiger partial charge in [0.2, 0.25) is 0 Å². The second-order valence-electron chi connectivity index (χ2n) is 7.11. The zero-order valence-electron chi connectivity index (χ0n) is 17.1. The monoisotopic (exact) mass is 437 g/mol. The molecule has 0 aliphatic rings. The zero-order valence-corrected chi connectivity index (χ0v) is 17.9. The maximum atomic E-state index is 13.0. The van der Waals surface area contributed by atoms with Crippen molar-refractivity contribution in [1.29, 1.82) is 0 Å². The molecule has 32 heavy (non-hydrogen) atoms. The molecule has 6 heteroatoms. The third kappa shape index (κ3) is 4.22. The lowest BCUT2D eigenvalue weighted by Gasteiger charge is -2.07. The lowest BCUT2D eigenvalue weighted by molar-refractivity contribution is 0.0457. The Bertz CT molecular complexity index is 1330. The van der Waals surface area contributed by atoms with Gasteiger partial charge in [0.25, 0.3) is 0 Å². The van der Waals surface area contributed by atoms with Gasteiger partial charge >= 0.3 is 5.97 Å². The van der Waals surface area contributed by atoms with Crippen LogP contribution >= 0.6 is 11.3 Å². The number of ether oxygens (including phenoxy) is 1. The van der Waals surface area contributed by atoms with Gasteiger partial charge in [-0.25, -0.2) is 14.5 Å². The van der Waals surface area contributed by atoms with Crippen molar-refractivity contribution in [3.05, 3.63) is 114 Å². The quantitative estimate of drug-likeness (QED) is 0.305. The maximum absolute atomic E-state index is 13.0. The summed E-state index contributed by atoms with van der Waals surface area (Å²) in [6.45, 7) is 0.100. The van der Waals surface area contributed by atoms with Gasteiger partial charge in [0.1, 0.15) is 11.6 Å². The van der Waals surface area contributed by atoms with Gasteiger partial charge in [-0.05, 0) is 18.2 Å². The van der Waals surface area contributed by atoms with E-state index in [0.717, 1.165) is 27.5 Å². The van der Waals surface area contributed by atoms with Crippen LogP contribution in [-0.2, 0) is 11.3 Å². The van der Waals surface area contributed by atoms with E-state index in [0.29, 0.717) is 11.4 Å². The molecular weight excluding hydrogens is 418 g/mol. The number of para-hydroxylation sites is 1. The summed E-state index contributed by atoms with van der Waals surface area (Å²) < 4.78 is 7.25. The van der Waals surface area contributed by atoms with E-state index in [1.807, 2.05) is 96.4 Å². The molecular formula is C26H19N3O2S. The SMILES string of the molecule is O=C(OCc1csc(-c2ccccc2)n1)c1cc(-c2ccccc2)nn1-c1ccccc1. The Morgan fingerprint density at radius 3 is 2.16 bits per heavy atom. The van der Waals surface area contributed by atoms with Crippen LogP contribution in [0.1, 0.15) is 16.2 Å². The molecule has 0 aliphatic heterocycles. The van der Waals surface area contributed by atoms with Crippen LogP contribution in [0.2, 0.25) is 0 Å². The molecule has 5 nitrogen and oxygen atoms in total. The highest BCUT2D eigenvalue weighted by Crippen LogP contribution is 2.25. The van der Waals surface area contributed by atoms with Gasteiger partial charge in [-0.2, -0.15) is 5.10 Å². The minimum absolute atomic E-state index is 0.100. The summed E-state index contributed by atoms with van der Waals surface area (Å²) >= 11 is 1.53. The van der Waals surface area contributed by atoms with E-state index in [9.17, 15) is 4.79 Å². The smallest absolute Gasteiger partial charge is 0.357 e. The van der Waals surface area contributed by atoms with Crippen molar-refractivity contribution in [2.75, 3.05) is 0 Å². The molecule has 0 radical (unpaired) electrons. The summed E-state index contributed by atoms with van der Waals surface area (Å²) in [4.78, 5) is 17.6. The molecule has 0 spiro atoms. The molecule has 0 saturated heterocycles. The molecule has 3 aromatic carbocycles. The van der Waals surface area contributed by atoms with Gasteiger partial charge in [0, 0.05) is 16.5 Å². The second-order valence-corrected chi connectivity index (χ2v) is 7.97. The molecule has 0 N–H and O–H groups in total. The first-order valence-electron chi connectivity index (χ1n) is 10.2. The fraction of sp³-hybridized carbons (Fsp3) is 0.0385. The van der Waals surface area contributed by atoms with E-state index < -0.39 is 5.97 Å². The molecule has 0 bridgehead atoms. The average Bonchev–Trinajstić information content (AvgIpc) is 3.52. The minimum atomic E-state index is -0.446. The first-order valence-corrected chi connectivity index (χ1v) is 11.0. The fourth-order valence-electron chi connectivity index (χ4n) is 3.34. The number of nitrogens with zero attached hydrogens (tertiary/aromatic N) is 3. The number of thiazole rings is 1. The van der Waals surface area contributed by atoms with E-state index in [2.05, 4.69) is 10.1 Å². The van der Waals surface area contributed by atoms with Crippen molar-refractivity contribution in [1.82, 2.24) is 14.8 Å². The van der Waals surface area contributed by atoms with Crippen molar-refractivity contribution in [2.24, 2.45) is 0 Å². The van der Waals surface area contributed by atoms with E-state index in [1.165, 1.54) is 11.3 Å². The maximum Gasteiger partial charge on any atom is 0.357 e. The van der Waals surface area contributed by atoms with Crippen LogP contribution in [0, 0.1) is 0 Å². The average molecular weight is 438 g/mol. The van der Waals surface area contributed by atoms with Crippen LogP contribution in [0.4, 0.5) is 0 Å². The second kappa shape index (κ2) is 8.99. The topological polar surface area (TPSA) is 57.0 Å². The first-order chi connectivity index (χ1) is 15.8. The van der Waals surface area contributed by atoms with Gasteiger partial charge < -0.3 is 4.74 Å². The Morgan fingerprint density at radius 1 is 0.844 bits per heavy atom. The van der Waals surface area contributed by atoms with Gasteiger partial charge in [0.05, 0.1) is 17.1 Å². The van der Waals surface area contributed by atoms with Crippen molar-refractivity contribution in [3.63, 3.8) is 0 Å². The highest BCUT2D eigenvalue weighted by Gasteiger charge is 2.19. The Balaban J connectivity index is 1.39. The van der Waals surface area contributed by atoms with E-state index >= 15 is 0 Å². The molecule has 0 aliphatic carbocycles. The van der Waals surface area contributed by atoms with Crippen LogP contribution in [0.3, 0.4) is 0 Å². The van der Waals surface area contributed by atoms with Gasteiger partial charge in [-0.3, -0.25) is 0 Å². The number of benzene rings is 3. The Hall–Kier alpha value is -4.03. The standard InChI is InChI=1S/C26H19N3O2S/c30-26(31-17-21-18-32-25(27-21)20-12-6-2-7-13-20)24-16-23(19-10-4-1-5-11-19)28-29(24)22-14-8-3-9-15-22/h1-16,18H,17H2. The number of carbonyl (C=O) groups is 1. The Labute approximate surface area is 189 Å². The lowest BCUT2D eigenvalue weighted by Crippen LogP contribution is -2.12. The van der Waals surface area contributed by atoms with Crippen LogP contribution in [0.5, 0.6) is 0 Å². The van der Waals surface area contributed by atoms with E-state index in [1.54, 1.807) is 10.7 Å². The van der Waals surface area contributed by atoms with Crippen LogP contribution in [-0.4, -0.2) is 20.7 Å². The predicted octanol–water partition coefficient (Wildman–Crippen LogP) is 6.02. The Kier molecular flexibility index (Phi) is 5.59. The molecule has 0 unspecified atom stereocenters. The zero-order chi connectivity index (χ0) is 21.8. The third-order valence-corrected chi connectivity index (χ3v) is 5.85. The number of esters is 1. The normalized spacial score (nSPS) is 10.8. The van der Waals surface area contributed by atoms with Crippen molar-refractivity contribution in [2.45, 2.75) is 6.61 Å². The molecule has 0 saturated carbocycles. The van der Waals surface area contributed by atoms with Crippen molar-refractivity contribution in [3.8, 4) is 27.5 Å². The molecule has 5 aromatic rings. The first kappa shape index (κ1) is 19.9. The minimum Gasteiger partial charge on any atom is -0.454 e. The van der Waals surface area contributed by atoms with Crippen LogP contribution < -0.4 is 0 Å². The van der Waals surface area contributed by atoms with E-state index in [4.69, 9.17) is 4.74 Å². The molecule has 2 heterocycles. The van der Waals surface area contributed by atoms with Gasteiger partial charge in [-0.15, -0.1) is 11.3 Å². The highest BCUT2D eigenvalue weighted by molar-refractivity contribution is 7.13. The number of carbonyl (C=O) groups excluding carboxylic acids is 1. The Morgan fingerprint density at radius 2 is 1.47 bits per heavy atom. The molecule has 2 aromatic heterocycles. The largest absolute Gasteiger partial charge is 0.454 e. The summed E-state index contributed by atoms with van der Waals surface area (Å²) in [5.41, 5.74) is 4.57. The highest BCUT2D eigenvalue weighted by atomic mass is 32.1. The van der Waals surface area contributed by atoms with Crippen LogP contribution in [0.15, 0.2) is 102 Å². The van der Waals surface area contributed by atoms with Gasteiger partial charge in [-0.1, -0.05) is 78.9 Å². The number of aromatic nitrogens is 3. The van der Waals surface area contributed by atoms with Crippen molar-refractivity contribution >= 4 is 17.3 Å². The predicted molar refractivity (Wildman–Crippen MR) is 126 cm³/mol. The summed E-state index contributed by atoms with van der Waals surface area (Å²) in [5, 5.41) is 7.49.